The van der Waals surface area contributed by atoms with E-state index >= 15 is 0 Å². The van der Waals surface area contributed by atoms with E-state index < -0.39 is 0 Å². The summed E-state index contributed by atoms with van der Waals surface area (Å²) in [4.78, 5) is 2.32. The Kier molecular flexibility index (Phi) is 5.89. The Hall–Kier alpha value is -1.40. The number of aromatic nitrogens is 2. The second kappa shape index (κ2) is 8.12. The lowest BCUT2D eigenvalue weighted by molar-refractivity contribution is -0.0412. The zero-order valence-electron chi connectivity index (χ0n) is 14.2. The minimum absolute atomic E-state index is 0.116. The SMILES string of the molecule is C[C@H](Cn1cccn1)N[C@@H](c1ccc(Cl)cc1)[C@H]1CN(C)CCO1. The number of morpholine rings is 1. The highest BCUT2D eigenvalue weighted by Gasteiger charge is 2.29. The van der Waals surface area contributed by atoms with E-state index in [-0.39, 0.29) is 18.2 Å². The van der Waals surface area contributed by atoms with Crippen molar-refractivity contribution < 1.29 is 4.74 Å². The van der Waals surface area contributed by atoms with Gasteiger partial charge in [0.05, 0.1) is 25.3 Å². The molecule has 1 aliphatic heterocycles. The number of halogens is 1. The number of hydrogen-bond acceptors (Lipinski definition) is 4. The van der Waals surface area contributed by atoms with Gasteiger partial charge in [0.1, 0.15) is 0 Å². The van der Waals surface area contributed by atoms with Crippen LogP contribution >= 0.6 is 11.6 Å². The molecule has 0 radical (unpaired) electrons. The number of ether oxygens (including phenoxy) is 1. The summed E-state index contributed by atoms with van der Waals surface area (Å²) in [6, 6.07) is 10.4. The topological polar surface area (TPSA) is 42.3 Å². The molecule has 1 aromatic carbocycles. The maximum absolute atomic E-state index is 6.07. The molecule has 0 unspecified atom stereocenters. The van der Waals surface area contributed by atoms with Crippen LogP contribution in [0.1, 0.15) is 18.5 Å². The fourth-order valence-corrected chi connectivity index (χ4v) is 3.28. The molecule has 6 heteroatoms. The third kappa shape index (κ3) is 4.57. The van der Waals surface area contributed by atoms with Crippen LogP contribution in [0.15, 0.2) is 42.7 Å². The summed E-state index contributed by atoms with van der Waals surface area (Å²) in [5.74, 6) is 0. The van der Waals surface area contributed by atoms with Gasteiger partial charge in [-0.15, -0.1) is 0 Å². The van der Waals surface area contributed by atoms with Gasteiger partial charge in [-0.1, -0.05) is 23.7 Å². The summed E-state index contributed by atoms with van der Waals surface area (Å²) >= 11 is 6.05. The van der Waals surface area contributed by atoms with Crippen LogP contribution in [0.4, 0.5) is 0 Å². The molecule has 0 spiro atoms. The summed E-state index contributed by atoms with van der Waals surface area (Å²) in [5, 5.41) is 8.77. The zero-order valence-corrected chi connectivity index (χ0v) is 15.0. The zero-order chi connectivity index (χ0) is 16.9. The molecule has 1 aliphatic rings. The molecule has 130 valence electrons. The number of hydrogen-bond donors (Lipinski definition) is 1. The van der Waals surface area contributed by atoms with Crippen LogP contribution in [0, 0.1) is 0 Å². The van der Waals surface area contributed by atoms with Gasteiger partial charge in [0.25, 0.3) is 0 Å². The highest BCUT2D eigenvalue weighted by molar-refractivity contribution is 6.30. The molecular weight excluding hydrogens is 324 g/mol. The third-order valence-corrected chi connectivity index (χ3v) is 4.63. The standard InChI is InChI=1S/C18H25ClN4O/c1-14(12-23-9-3-8-20-23)21-18(15-4-6-16(19)7-5-15)17-13-22(2)10-11-24-17/h3-9,14,17-18,21H,10-13H2,1-2H3/t14-,17-,18+/m1/s1. The van der Waals surface area contributed by atoms with Gasteiger partial charge >= 0.3 is 0 Å². The number of nitrogens with zero attached hydrogens (tertiary/aromatic N) is 3. The van der Waals surface area contributed by atoms with E-state index in [2.05, 4.69) is 41.4 Å². The van der Waals surface area contributed by atoms with Gasteiger partial charge in [-0.05, 0) is 37.7 Å². The Balaban J connectivity index is 1.74. The van der Waals surface area contributed by atoms with Gasteiger partial charge in [0.15, 0.2) is 0 Å². The first-order chi connectivity index (χ1) is 11.6. The normalized spacial score (nSPS) is 21.5. The largest absolute Gasteiger partial charge is 0.374 e. The van der Waals surface area contributed by atoms with Crippen molar-refractivity contribution in [2.75, 3.05) is 26.7 Å². The molecule has 24 heavy (non-hydrogen) atoms. The van der Waals surface area contributed by atoms with Gasteiger partial charge < -0.3 is 15.0 Å². The molecule has 0 saturated carbocycles. The number of nitrogens with one attached hydrogen (secondary N) is 1. The predicted molar refractivity (Wildman–Crippen MR) is 96.3 cm³/mol. The van der Waals surface area contributed by atoms with Crippen LogP contribution in [0.25, 0.3) is 0 Å². The summed E-state index contributed by atoms with van der Waals surface area (Å²) in [6.07, 6.45) is 3.91. The minimum atomic E-state index is 0.116. The molecule has 2 heterocycles. The van der Waals surface area contributed by atoms with Crippen LogP contribution in [-0.4, -0.2) is 53.6 Å². The van der Waals surface area contributed by atoms with E-state index in [0.717, 1.165) is 31.3 Å². The lowest BCUT2D eigenvalue weighted by Gasteiger charge is -2.37. The van der Waals surface area contributed by atoms with Gasteiger partial charge in [0.2, 0.25) is 0 Å². The maximum Gasteiger partial charge on any atom is 0.0896 e. The maximum atomic E-state index is 6.07. The minimum Gasteiger partial charge on any atom is -0.374 e. The molecule has 5 nitrogen and oxygen atoms in total. The van der Waals surface area contributed by atoms with E-state index in [1.807, 2.05) is 35.3 Å². The summed E-state index contributed by atoms with van der Waals surface area (Å²) < 4.78 is 8.02. The highest BCUT2D eigenvalue weighted by Crippen LogP contribution is 2.24. The Labute approximate surface area is 148 Å². The second-order valence-corrected chi connectivity index (χ2v) is 6.93. The Morgan fingerprint density at radius 1 is 1.38 bits per heavy atom. The van der Waals surface area contributed by atoms with Gasteiger partial charge in [-0.3, -0.25) is 4.68 Å². The van der Waals surface area contributed by atoms with Crippen molar-refractivity contribution in [1.82, 2.24) is 20.0 Å². The molecule has 0 aliphatic carbocycles. The fraction of sp³-hybridized carbons (Fsp3) is 0.500. The van der Waals surface area contributed by atoms with Crippen molar-refractivity contribution >= 4 is 11.6 Å². The van der Waals surface area contributed by atoms with Gasteiger partial charge in [0, 0.05) is 36.5 Å². The first kappa shape index (κ1) is 17.4. The summed E-state index contributed by atoms with van der Waals surface area (Å²) in [6.45, 7) is 5.65. The molecule has 1 N–H and O–H groups in total. The first-order valence-electron chi connectivity index (χ1n) is 8.41. The Bertz CT molecular complexity index is 616. The Morgan fingerprint density at radius 3 is 2.83 bits per heavy atom. The molecule has 1 fully saturated rings. The lowest BCUT2D eigenvalue weighted by atomic mass is 9.99. The molecule has 2 aromatic rings. The van der Waals surface area contributed by atoms with Crippen molar-refractivity contribution in [1.29, 1.82) is 0 Å². The van der Waals surface area contributed by atoms with Crippen molar-refractivity contribution in [2.24, 2.45) is 0 Å². The first-order valence-corrected chi connectivity index (χ1v) is 8.78. The van der Waals surface area contributed by atoms with Gasteiger partial charge in [-0.25, -0.2) is 0 Å². The van der Waals surface area contributed by atoms with Crippen LogP contribution in [0.5, 0.6) is 0 Å². The number of rotatable bonds is 6. The molecular formula is C18H25ClN4O. The third-order valence-electron chi connectivity index (χ3n) is 4.38. The van der Waals surface area contributed by atoms with E-state index in [0.29, 0.717) is 0 Å². The van der Waals surface area contributed by atoms with Crippen LogP contribution in [-0.2, 0) is 11.3 Å². The molecule has 3 rings (SSSR count). The van der Waals surface area contributed by atoms with Crippen molar-refractivity contribution in [3.05, 3.63) is 53.3 Å². The van der Waals surface area contributed by atoms with E-state index in [4.69, 9.17) is 16.3 Å². The number of benzene rings is 1. The van der Waals surface area contributed by atoms with E-state index in [9.17, 15) is 0 Å². The van der Waals surface area contributed by atoms with Crippen LogP contribution in [0.2, 0.25) is 5.02 Å². The Morgan fingerprint density at radius 2 is 2.17 bits per heavy atom. The molecule has 3 atom stereocenters. The summed E-state index contributed by atoms with van der Waals surface area (Å²) in [7, 11) is 2.14. The van der Waals surface area contributed by atoms with Crippen LogP contribution in [0.3, 0.4) is 0 Å². The highest BCUT2D eigenvalue weighted by atomic mass is 35.5. The van der Waals surface area contributed by atoms with Crippen molar-refractivity contribution in [3.8, 4) is 0 Å². The lowest BCUT2D eigenvalue weighted by Crippen LogP contribution is -2.49. The average molecular weight is 349 g/mol. The van der Waals surface area contributed by atoms with Gasteiger partial charge in [-0.2, -0.15) is 5.10 Å². The molecule has 0 amide bonds. The quantitative estimate of drug-likeness (QED) is 0.871. The molecule has 1 saturated heterocycles. The van der Waals surface area contributed by atoms with E-state index in [1.165, 1.54) is 5.56 Å². The average Bonchev–Trinajstić information content (AvgIpc) is 3.06. The van der Waals surface area contributed by atoms with Crippen LogP contribution < -0.4 is 5.32 Å². The summed E-state index contributed by atoms with van der Waals surface area (Å²) in [5.41, 5.74) is 1.20. The van der Waals surface area contributed by atoms with Crippen molar-refractivity contribution in [2.45, 2.75) is 31.7 Å². The molecule has 1 aromatic heterocycles. The number of likely N-dealkylation sites (N-methyl/N-ethyl adjacent to an activating group) is 1. The fourth-order valence-electron chi connectivity index (χ4n) is 3.15. The second-order valence-electron chi connectivity index (χ2n) is 6.50. The monoisotopic (exact) mass is 348 g/mol. The smallest absolute Gasteiger partial charge is 0.0896 e. The molecule has 0 bridgehead atoms. The van der Waals surface area contributed by atoms with E-state index in [1.54, 1.807) is 0 Å². The van der Waals surface area contributed by atoms with Crippen molar-refractivity contribution in [3.63, 3.8) is 0 Å². The predicted octanol–water partition coefficient (Wildman–Crippen LogP) is 2.59.